The van der Waals surface area contributed by atoms with Crippen molar-refractivity contribution < 1.29 is 89.0 Å². The van der Waals surface area contributed by atoms with Gasteiger partial charge in [0.05, 0.1) is 44.1 Å². The third kappa shape index (κ3) is 8.57. The van der Waals surface area contributed by atoms with E-state index < -0.39 is 161 Å². The first kappa shape index (κ1) is 42.2. The second kappa shape index (κ2) is 17.9. The van der Waals surface area contributed by atoms with Gasteiger partial charge in [0.1, 0.15) is 79.4 Å². The maximum Gasteiger partial charge on any atom is 0.187 e. The van der Waals surface area contributed by atoms with Crippen LogP contribution in [0.25, 0.3) is 0 Å². The molecule has 0 bridgehead atoms. The topological polar surface area (TPSA) is 406 Å². The molecule has 0 amide bonds. The third-order valence-electron chi connectivity index (χ3n) is 10.3. The lowest BCUT2D eigenvalue weighted by Gasteiger charge is -2.47. The SMILES string of the molecule is NC[C@@H]1O[C@@H](O[C@H]2[C@@H](O)[C@H](O[C@@H]3[C@@H](O)[C@H](N)C[C@H](N)[C@H]3O[C@@H]3O[C@H](CO)[C@@H](O)C[C@H]3N)O[C@@H]2CO)[C@H](N)[C@@H](O)[C@@H]1O[C@@H]1O[C@H](CO)[C@@H](O)[C@@H](O)[C@@H]1O. The maximum absolute atomic E-state index is 11.4. The number of aliphatic hydroxyl groups is 10. The van der Waals surface area contributed by atoms with Crippen LogP contribution in [0.15, 0.2) is 0 Å². The summed E-state index contributed by atoms with van der Waals surface area (Å²) < 4.78 is 46.4. The summed E-state index contributed by atoms with van der Waals surface area (Å²) in [7, 11) is 0. The fraction of sp³-hybridized carbons (Fsp3) is 1.00. The van der Waals surface area contributed by atoms with Crippen LogP contribution in [0.4, 0.5) is 0 Å². The zero-order valence-electron chi connectivity index (χ0n) is 28.1. The van der Waals surface area contributed by atoms with Gasteiger partial charge < -0.3 is 118 Å². The Bertz CT molecular complexity index is 1120. The Kier molecular flexibility index (Phi) is 14.5. The fourth-order valence-corrected chi connectivity index (χ4v) is 7.16. The lowest BCUT2D eigenvalue weighted by atomic mass is 9.84. The summed E-state index contributed by atoms with van der Waals surface area (Å²) in [5.41, 5.74) is 30.8. The van der Waals surface area contributed by atoms with Crippen LogP contribution in [0, 0.1) is 0 Å². The predicted molar refractivity (Wildman–Crippen MR) is 168 cm³/mol. The highest BCUT2D eigenvalue weighted by molar-refractivity contribution is 5.02. The molecule has 0 aromatic carbocycles. The molecule has 4 aliphatic heterocycles. The van der Waals surface area contributed by atoms with E-state index in [2.05, 4.69) is 0 Å². The van der Waals surface area contributed by atoms with Crippen molar-refractivity contribution in [3.63, 3.8) is 0 Å². The third-order valence-corrected chi connectivity index (χ3v) is 10.3. The molecule has 23 atom stereocenters. The molecule has 5 fully saturated rings. The summed E-state index contributed by atoms with van der Waals surface area (Å²) >= 11 is 0. The highest BCUT2D eigenvalue weighted by Crippen LogP contribution is 2.35. The maximum atomic E-state index is 11.4. The molecule has 23 heteroatoms. The van der Waals surface area contributed by atoms with Crippen molar-refractivity contribution in [1.82, 2.24) is 0 Å². The normalized spacial score (nSPS) is 53.2. The fourth-order valence-electron chi connectivity index (χ4n) is 7.16. The van der Waals surface area contributed by atoms with Crippen LogP contribution in [0.5, 0.6) is 0 Å². The molecular formula is C29H55N5O18. The molecule has 23 nitrogen and oxygen atoms in total. The first-order chi connectivity index (χ1) is 24.6. The van der Waals surface area contributed by atoms with E-state index in [4.69, 9.17) is 66.6 Å². The lowest BCUT2D eigenvalue weighted by molar-refractivity contribution is -0.348. The van der Waals surface area contributed by atoms with Crippen molar-refractivity contribution in [1.29, 1.82) is 0 Å². The largest absolute Gasteiger partial charge is 0.394 e. The molecule has 0 aromatic heterocycles. The van der Waals surface area contributed by atoms with E-state index in [1.54, 1.807) is 0 Å². The number of hydrogen-bond acceptors (Lipinski definition) is 23. The average Bonchev–Trinajstić information content (AvgIpc) is 3.41. The van der Waals surface area contributed by atoms with Crippen LogP contribution in [-0.4, -0.2) is 218 Å². The monoisotopic (exact) mass is 761 g/mol. The summed E-state index contributed by atoms with van der Waals surface area (Å²) in [6.45, 7) is -2.26. The Labute approximate surface area is 297 Å². The molecule has 20 N–H and O–H groups in total. The summed E-state index contributed by atoms with van der Waals surface area (Å²) in [5, 5.41) is 104. The smallest absolute Gasteiger partial charge is 0.187 e. The number of ether oxygens (including phenoxy) is 8. The Morgan fingerprint density at radius 2 is 0.962 bits per heavy atom. The van der Waals surface area contributed by atoms with Gasteiger partial charge in [0.2, 0.25) is 0 Å². The van der Waals surface area contributed by atoms with E-state index >= 15 is 0 Å². The van der Waals surface area contributed by atoms with Gasteiger partial charge in [-0.15, -0.1) is 0 Å². The van der Waals surface area contributed by atoms with Gasteiger partial charge in [-0.3, -0.25) is 0 Å². The quantitative estimate of drug-likeness (QED) is 0.0877. The van der Waals surface area contributed by atoms with Gasteiger partial charge in [-0.05, 0) is 12.8 Å². The van der Waals surface area contributed by atoms with Crippen LogP contribution in [0.3, 0.4) is 0 Å². The summed E-state index contributed by atoms with van der Waals surface area (Å²) in [6.07, 6.45) is -26.9. The van der Waals surface area contributed by atoms with Gasteiger partial charge in [-0.25, -0.2) is 0 Å². The van der Waals surface area contributed by atoms with E-state index in [1.165, 1.54) is 0 Å². The summed E-state index contributed by atoms with van der Waals surface area (Å²) in [5.74, 6) is 0. The van der Waals surface area contributed by atoms with Crippen molar-refractivity contribution >= 4 is 0 Å². The molecule has 0 radical (unpaired) electrons. The predicted octanol–water partition coefficient (Wildman–Crippen LogP) is -10.0. The first-order valence-electron chi connectivity index (χ1n) is 17.2. The van der Waals surface area contributed by atoms with Crippen LogP contribution < -0.4 is 28.7 Å². The van der Waals surface area contributed by atoms with Crippen molar-refractivity contribution in [2.75, 3.05) is 26.4 Å². The molecule has 5 rings (SSSR count). The van der Waals surface area contributed by atoms with E-state index in [0.717, 1.165) is 0 Å². The number of rotatable bonds is 12. The number of nitrogens with two attached hydrogens (primary N) is 5. The molecule has 5 aliphatic rings. The van der Waals surface area contributed by atoms with Gasteiger partial charge >= 0.3 is 0 Å². The molecule has 4 saturated heterocycles. The van der Waals surface area contributed by atoms with Gasteiger partial charge in [0, 0.05) is 18.6 Å². The zero-order chi connectivity index (χ0) is 38.2. The molecule has 0 unspecified atom stereocenters. The van der Waals surface area contributed by atoms with E-state index in [9.17, 15) is 51.1 Å². The molecule has 1 aliphatic carbocycles. The van der Waals surface area contributed by atoms with Gasteiger partial charge in [0.25, 0.3) is 0 Å². The highest BCUT2D eigenvalue weighted by Gasteiger charge is 2.55. The van der Waals surface area contributed by atoms with Crippen LogP contribution in [-0.2, 0) is 37.9 Å². The van der Waals surface area contributed by atoms with Gasteiger partial charge in [-0.1, -0.05) is 0 Å². The standard InChI is InChI=1S/C29H55N5O18/c30-3-11-23(51-28-20(43)19(42)17(40)13(5-36)47-28)18(41)15(34)27(45-11)50-24-14(6-37)48-29(21(24)44)52-25-16(39)7(31)1-8(32)22(25)49-26-9(33)2-10(38)12(4-35)46-26/h7-29,35-44H,1-6,30-34H2/t7-,8+,9-,10+,11+,12-,13-,14-,15-,16+,17-,18-,19-,20+,21-,22-,23-,24-,25-,26+,27+,28+,29+/m1/s1. The molecule has 0 aromatic rings. The molecule has 4 heterocycles. The highest BCUT2D eigenvalue weighted by atomic mass is 16.8. The van der Waals surface area contributed by atoms with Gasteiger partial charge in [-0.2, -0.15) is 0 Å². The minimum Gasteiger partial charge on any atom is -0.394 e. The molecule has 304 valence electrons. The summed E-state index contributed by atoms with van der Waals surface area (Å²) in [4.78, 5) is 0. The second-order valence-corrected chi connectivity index (χ2v) is 13.9. The van der Waals surface area contributed by atoms with E-state index in [1.807, 2.05) is 0 Å². The Hall–Kier alpha value is -0.920. The minimum absolute atomic E-state index is 0.0266. The molecular weight excluding hydrogens is 706 g/mol. The zero-order valence-corrected chi connectivity index (χ0v) is 28.1. The van der Waals surface area contributed by atoms with Crippen LogP contribution >= 0.6 is 0 Å². The minimum atomic E-state index is -1.80. The molecule has 1 saturated carbocycles. The van der Waals surface area contributed by atoms with E-state index in [0.29, 0.717) is 0 Å². The van der Waals surface area contributed by atoms with Crippen LogP contribution in [0.1, 0.15) is 12.8 Å². The van der Waals surface area contributed by atoms with Gasteiger partial charge in [0.15, 0.2) is 25.2 Å². The average molecular weight is 762 g/mol. The lowest BCUT2D eigenvalue weighted by Crippen LogP contribution is -2.67. The number of hydrogen-bond donors (Lipinski definition) is 15. The molecule has 52 heavy (non-hydrogen) atoms. The Morgan fingerprint density at radius 1 is 0.442 bits per heavy atom. The van der Waals surface area contributed by atoms with Crippen molar-refractivity contribution in [2.24, 2.45) is 28.7 Å². The first-order valence-corrected chi connectivity index (χ1v) is 17.2. The van der Waals surface area contributed by atoms with E-state index in [-0.39, 0.29) is 19.4 Å². The number of aliphatic hydroxyl groups excluding tert-OH is 10. The molecule has 0 spiro atoms. The van der Waals surface area contributed by atoms with Crippen LogP contribution in [0.2, 0.25) is 0 Å². The van der Waals surface area contributed by atoms with Crippen molar-refractivity contribution in [2.45, 2.75) is 154 Å². The Balaban J connectivity index is 1.26. The summed E-state index contributed by atoms with van der Waals surface area (Å²) in [6, 6.07) is -4.01. The Morgan fingerprint density at radius 3 is 1.60 bits per heavy atom. The van der Waals surface area contributed by atoms with Crippen molar-refractivity contribution in [3.05, 3.63) is 0 Å². The second-order valence-electron chi connectivity index (χ2n) is 13.9. The van der Waals surface area contributed by atoms with Crippen molar-refractivity contribution in [3.8, 4) is 0 Å².